The van der Waals surface area contributed by atoms with Gasteiger partial charge in [0.05, 0.1) is 0 Å². The molecule has 0 bridgehead atoms. The van der Waals surface area contributed by atoms with Gasteiger partial charge >= 0.3 is 0 Å². The Morgan fingerprint density at radius 1 is 1.21 bits per heavy atom. The lowest BCUT2D eigenvalue weighted by Gasteiger charge is -2.24. The molecular weight excluding hydrogens is 234 g/mol. The van der Waals surface area contributed by atoms with Crippen molar-refractivity contribution in [3.05, 3.63) is 35.9 Å². The van der Waals surface area contributed by atoms with Crippen molar-refractivity contribution in [2.24, 2.45) is 11.8 Å². The van der Waals surface area contributed by atoms with E-state index in [1.54, 1.807) is 7.11 Å². The molecule has 2 heteroatoms. The third-order valence-corrected chi connectivity index (χ3v) is 3.76. The van der Waals surface area contributed by atoms with Gasteiger partial charge in [-0.25, -0.2) is 0 Å². The predicted molar refractivity (Wildman–Crippen MR) is 82.5 cm³/mol. The lowest BCUT2D eigenvalue weighted by molar-refractivity contribution is 0.164. The maximum Gasteiger partial charge on any atom is 0.0464 e. The SMILES string of the molecule is CCCNCC(Cc1ccccc1)C(C)CCOC. The van der Waals surface area contributed by atoms with Gasteiger partial charge in [0.1, 0.15) is 0 Å². The van der Waals surface area contributed by atoms with Crippen molar-refractivity contribution in [1.29, 1.82) is 0 Å². The fourth-order valence-corrected chi connectivity index (χ4v) is 2.40. The predicted octanol–water partition coefficient (Wildman–Crippen LogP) is 3.52. The highest BCUT2D eigenvalue weighted by molar-refractivity contribution is 5.15. The van der Waals surface area contributed by atoms with Gasteiger partial charge in [-0.3, -0.25) is 0 Å². The first-order valence-corrected chi connectivity index (χ1v) is 7.51. The molecule has 0 aliphatic heterocycles. The zero-order chi connectivity index (χ0) is 13.9. The van der Waals surface area contributed by atoms with Gasteiger partial charge in [0.2, 0.25) is 0 Å². The summed E-state index contributed by atoms with van der Waals surface area (Å²) in [5, 5.41) is 3.57. The van der Waals surface area contributed by atoms with Crippen LogP contribution >= 0.6 is 0 Å². The van der Waals surface area contributed by atoms with Crippen LogP contribution in [0.4, 0.5) is 0 Å². The van der Waals surface area contributed by atoms with Crippen molar-refractivity contribution < 1.29 is 4.74 Å². The lowest BCUT2D eigenvalue weighted by atomic mass is 9.86. The molecule has 0 saturated carbocycles. The second kappa shape index (κ2) is 9.99. The molecule has 0 fully saturated rings. The molecule has 0 aliphatic carbocycles. The lowest BCUT2D eigenvalue weighted by Crippen LogP contribution is -2.30. The van der Waals surface area contributed by atoms with E-state index in [4.69, 9.17) is 4.74 Å². The first-order chi connectivity index (χ1) is 9.27. The van der Waals surface area contributed by atoms with Crippen LogP contribution in [0.1, 0.15) is 32.3 Å². The first kappa shape index (κ1) is 16.2. The molecule has 0 saturated heterocycles. The summed E-state index contributed by atoms with van der Waals surface area (Å²) in [4.78, 5) is 0. The average Bonchev–Trinajstić information content (AvgIpc) is 2.45. The smallest absolute Gasteiger partial charge is 0.0464 e. The third kappa shape index (κ3) is 6.74. The summed E-state index contributed by atoms with van der Waals surface area (Å²) in [6.45, 7) is 7.64. The van der Waals surface area contributed by atoms with Crippen LogP contribution in [-0.2, 0) is 11.2 Å². The molecule has 2 atom stereocenters. The van der Waals surface area contributed by atoms with E-state index < -0.39 is 0 Å². The van der Waals surface area contributed by atoms with Gasteiger partial charge in [-0.05, 0) is 49.8 Å². The third-order valence-electron chi connectivity index (χ3n) is 3.76. The van der Waals surface area contributed by atoms with Gasteiger partial charge in [-0.1, -0.05) is 44.2 Å². The van der Waals surface area contributed by atoms with E-state index in [0.29, 0.717) is 11.8 Å². The Morgan fingerprint density at radius 3 is 2.58 bits per heavy atom. The van der Waals surface area contributed by atoms with Crippen LogP contribution in [0.15, 0.2) is 30.3 Å². The molecule has 0 heterocycles. The Hall–Kier alpha value is -0.860. The minimum Gasteiger partial charge on any atom is -0.385 e. The van der Waals surface area contributed by atoms with Crippen LogP contribution in [0.5, 0.6) is 0 Å². The van der Waals surface area contributed by atoms with Crippen molar-refractivity contribution >= 4 is 0 Å². The zero-order valence-corrected chi connectivity index (χ0v) is 12.7. The van der Waals surface area contributed by atoms with E-state index in [9.17, 15) is 0 Å². The molecule has 0 radical (unpaired) electrons. The Morgan fingerprint density at radius 2 is 1.95 bits per heavy atom. The molecule has 0 aromatic heterocycles. The summed E-state index contributed by atoms with van der Waals surface area (Å²) in [5.74, 6) is 1.37. The molecular formula is C17H29NO. The van der Waals surface area contributed by atoms with Crippen molar-refractivity contribution in [2.45, 2.75) is 33.1 Å². The molecule has 1 rings (SSSR count). The Kier molecular flexibility index (Phi) is 8.52. The summed E-state index contributed by atoms with van der Waals surface area (Å²) < 4.78 is 5.22. The summed E-state index contributed by atoms with van der Waals surface area (Å²) in [6, 6.07) is 10.8. The van der Waals surface area contributed by atoms with E-state index in [1.807, 2.05) is 0 Å². The summed E-state index contributed by atoms with van der Waals surface area (Å²) >= 11 is 0. The number of ether oxygens (including phenoxy) is 1. The largest absolute Gasteiger partial charge is 0.385 e. The maximum atomic E-state index is 5.22. The molecule has 19 heavy (non-hydrogen) atoms. The van der Waals surface area contributed by atoms with Gasteiger partial charge in [0.15, 0.2) is 0 Å². The van der Waals surface area contributed by atoms with Crippen LogP contribution < -0.4 is 5.32 Å². The zero-order valence-electron chi connectivity index (χ0n) is 12.7. The van der Waals surface area contributed by atoms with Crippen LogP contribution in [-0.4, -0.2) is 26.8 Å². The highest BCUT2D eigenvalue weighted by Gasteiger charge is 2.17. The summed E-state index contributed by atoms with van der Waals surface area (Å²) in [6.07, 6.45) is 3.49. The second-order valence-electron chi connectivity index (χ2n) is 5.41. The molecule has 2 nitrogen and oxygen atoms in total. The highest BCUT2D eigenvalue weighted by Crippen LogP contribution is 2.20. The molecule has 0 amide bonds. The van der Waals surface area contributed by atoms with Crippen molar-refractivity contribution in [2.75, 3.05) is 26.8 Å². The van der Waals surface area contributed by atoms with Gasteiger partial charge in [0, 0.05) is 13.7 Å². The number of methoxy groups -OCH3 is 1. The van der Waals surface area contributed by atoms with Gasteiger partial charge in [-0.2, -0.15) is 0 Å². The number of nitrogens with one attached hydrogen (secondary N) is 1. The summed E-state index contributed by atoms with van der Waals surface area (Å²) in [7, 11) is 1.79. The van der Waals surface area contributed by atoms with Crippen LogP contribution in [0.3, 0.4) is 0 Å². The standard InChI is InChI=1S/C17H29NO/c1-4-11-18-14-17(15(2)10-12-19-3)13-16-8-6-5-7-9-16/h5-9,15,17-18H,4,10-14H2,1-3H3. The molecule has 108 valence electrons. The Labute approximate surface area is 118 Å². The number of hydrogen-bond donors (Lipinski definition) is 1. The van der Waals surface area contributed by atoms with E-state index >= 15 is 0 Å². The molecule has 1 aromatic rings. The quantitative estimate of drug-likeness (QED) is 0.652. The minimum absolute atomic E-state index is 0.684. The van der Waals surface area contributed by atoms with Gasteiger partial charge < -0.3 is 10.1 Å². The summed E-state index contributed by atoms with van der Waals surface area (Å²) in [5.41, 5.74) is 1.44. The molecule has 1 N–H and O–H groups in total. The Balaban J connectivity index is 2.52. The van der Waals surface area contributed by atoms with Crippen LogP contribution in [0, 0.1) is 11.8 Å². The maximum absolute atomic E-state index is 5.22. The molecule has 2 unspecified atom stereocenters. The number of rotatable bonds is 10. The van der Waals surface area contributed by atoms with Crippen molar-refractivity contribution in [3.8, 4) is 0 Å². The van der Waals surface area contributed by atoms with Crippen molar-refractivity contribution in [1.82, 2.24) is 5.32 Å². The van der Waals surface area contributed by atoms with E-state index in [-0.39, 0.29) is 0 Å². The number of benzene rings is 1. The van der Waals surface area contributed by atoms with Gasteiger partial charge in [-0.15, -0.1) is 0 Å². The average molecular weight is 263 g/mol. The highest BCUT2D eigenvalue weighted by atomic mass is 16.5. The van der Waals surface area contributed by atoms with E-state index in [0.717, 1.165) is 32.5 Å². The van der Waals surface area contributed by atoms with E-state index in [2.05, 4.69) is 49.5 Å². The molecule has 0 spiro atoms. The first-order valence-electron chi connectivity index (χ1n) is 7.51. The monoisotopic (exact) mass is 263 g/mol. The molecule has 1 aromatic carbocycles. The van der Waals surface area contributed by atoms with Crippen LogP contribution in [0.2, 0.25) is 0 Å². The molecule has 0 aliphatic rings. The van der Waals surface area contributed by atoms with Crippen molar-refractivity contribution in [3.63, 3.8) is 0 Å². The fourth-order valence-electron chi connectivity index (χ4n) is 2.40. The normalized spacial score (nSPS) is 14.3. The second-order valence-corrected chi connectivity index (χ2v) is 5.41. The Bertz CT molecular complexity index is 312. The minimum atomic E-state index is 0.684. The fraction of sp³-hybridized carbons (Fsp3) is 0.647. The van der Waals surface area contributed by atoms with E-state index in [1.165, 1.54) is 12.0 Å². The number of hydrogen-bond acceptors (Lipinski definition) is 2. The van der Waals surface area contributed by atoms with Gasteiger partial charge in [0.25, 0.3) is 0 Å². The van der Waals surface area contributed by atoms with Crippen LogP contribution in [0.25, 0.3) is 0 Å². The topological polar surface area (TPSA) is 21.3 Å².